The maximum Gasteiger partial charge on any atom is 0.237 e. The number of hydrogen-bond acceptors (Lipinski definition) is 3. The van der Waals surface area contributed by atoms with Crippen LogP contribution in [0, 0.1) is 0 Å². The zero-order valence-corrected chi connectivity index (χ0v) is 9.83. The van der Waals surface area contributed by atoms with Crippen molar-refractivity contribution in [1.29, 1.82) is 0 Å². The highest BCUT2D eigenvalue weighted by Crippen LogP contribution is 2.08. The van der Waals surface area contributed by atoms with E-state index in [0.29, 0.717) is 6.04 Å². The summed E-state index contributed by atoms with van der Waals surface area (Å²) in [4.78, 5) is 13.9. The van der Waals surface area contributed by atoms with Crippen LogP contribution in [0.1, 0.15) is 32.6 Å². The summed E-state index contributed by atoms with van der Waals surface area (Å²) in [5.41, 5.74) is 5.75. The molecule has 0 aliphatic carbocycles. The first-order chi connectivity index (χ1) is 7.13. The van der Waals surface area contributed by atoms with Crippen LogP contribution in [0.15, 0.2) is 0 Å². The van der Waals surface area contributed by atoms with Gasteiger partial charge in [-0.3, -0.25) is 4.79 Å². The van der Waals surface area contributed by atoms with Crippen molar-refractivity contribution in [1.82, 2.24) is 10.2 Å². The van der Waals surface area contributed by atoms with Crippen LogP contribution in [0.4, 0.5) is 0 Å². The number of carbonyl (C=O) groups is 1. The molecule has 2 atom stereocenters. The molecule has 3 N–H and O–H groups in total. The Kier molecular flexibility index (Phi) is 5.05. The average Bonchev–Trinajstić information content (AvgIpc) is 2.18. The monoisotopic (exact) mass is 213 g/mol. The van der Waals surface area contributed by atoms with E-state index in [0.717, 1.165) is 38.8 Å². The molecule has 0 aromatic carbocycles. The SMILES string of the molecule is CCCC(N)C(=O)NC1CCCN(C)C1. The molecule has 0 spiro atoms. The molecule has 0 radical (unpaired) electrons. The Hall–Kier alpha value is -0.610. The van der Waals surface area contributed by atoms with Crippen molar-refractivity contribution in [3.8, 4) is 0 Å². The number of rotatable bonds is 4. The average molecular weight is 213 g/mol. The topological polar surface area (TPSA) is 58.4 Å². The van der Waals surface area contributed by atoms with Crippen LogP contribution in [0.5, 0.6) is 0 Å². The van der Waals surface area contributed by atoms with Crippen molar-refractivity contribution in [3.05, 3.63) is 0 Å². The fourth-order valence-corrected chi connectivity index (χ4v) is 2.03. The Morgan fingerprint density at radius 1 is 1.67 bits per heavy atom. The summed E-state index contributed by atoms with van der Waals surface area (Å²) < 4.78 is 0. The molecule has 88 valence electrons. The van der Waals surface area contributed by atoms with Crippen LogP contribution in [-0.2, 0) is 4.79 Å². The molecule has 1 saturated heterocycles. The Labute approximate surface area is 92.2 Å². The van der Waals surface area contributed by atoms with Gasteiger partial charge < -0.3 is 16.0 Å². The van der Waals surface area contributed by atoms with Gasteiger partial charge in [0.2, 0.25) is 5.91 Å². The minimum absolute atomic E-state index is 0.0113. The first-order valence-corrected chi connectivity index (χ1v) is 5.88. The third-order valence-corrected chi connectivity index (χ3v) is 2.91. The number of hydrogen-bond donors (Lipinski definition) is 2. The van der Waals surface area contributed by atoms with Crippen molar-refractivity contribution in [2.45, 2.75) is 44.7 Å². The van der Waals surface area contributed by atoms with Gasteiger partial charge in [0.05, 0.1) is 6.04 Å². The van der Waals surface area contributed by atoms with Gasteiger partial charge in [0.25, 0.3) is 0 Å². The number of piperidine rings is 1. The van der Waals surface area contributed by atoms with E-state index < -0.39 is 0 Å². The van der Waals surface area contributed by atoms with E-state index in [-0.39, 0.29) is 11.9 Å². The van der Waals surface area contributed by atoms with Crippen molar-refractivity contribution in [3.63, 3.8) is 0 Å². The second-order valence-electron chi connectivity index (χ2n) is 4.51. The Morgan fingerprint density at radius 3 is 3.00 bits per heavy atom. The standard InChI is InChI=1S/C11H23N3O/c1-3-5-10(12)11(15)13-9-6-4-7-14(2)8-9/h9-10H,3-8,12H2,1-2H3,(H,13,15). The lowest BCUT2D eigenvalue weighted by Crippen LogP contribution is -2.51. The largest absolute Gasteiger partial charge is 0.351 e. The van der Waals surface area contributed by atoms with E-state index >= 15 is 0 Å². The van der Waals surface area contributed by atoms with E-state index in [9.17, 15) is 4.79 Å². The fraction of sp³-hybridized carbons (Fsp3) is 0.909. The molecule has 0 aromatic heterocycles. The third-order valence-electron chi connectivity index (χ3n) is 2.91. The summed E-state index contributed by atoms with van der Waals surface area (Å²) in [5, 5.41) is 3.03. The maximum absolute atomic E-state index is 11.7. The molecule has 15 heavy (non-hydrogen) atoms. The van der Waals surface area contributed by atoms with Gasteiger partial charge in [0, 0.05) is 12.6 Å². The zero-order valence-electron chi connectivity index (χ0n) is 9.83. The predicted molar refractivity (Wildman–Crippen MR) is 61.5 cm³/mol. The lowest BCUT2D eigenvalue weighted by atomic mass is 10.1. The number of nitrogens with one attached hydrogen (secondary N) is 1. The zero-order chi connectivity index (χ0) is 11.3. The molecule has 4 nitrogen and oxygen atoms in total. The van der Waals surface area contributed by atoms with Gasteiger partial charge in [-0.25, -0.2) is 0 Å². The number of nitrogens with two attached hydrogens (primary N) is 1. The highest BCUT2D eigenvalue weighted by molar-refractivity contribution is 5.81. The van der Waals surface area contributed by atoms with Gasteiger partial charge in [0.15, 0.2) is 0 Å². The molecular formula is C11H23N3O. The van der Waals surface area contributed by atoms with Gasteiger partial charge in [-0.15, -0.1) is 0 Å². The first kappa shape index (κ1) is 12.5. The van der Waals surface area contributed by atoms with Crippen LogP contribution in [0.2, 0.25) is 0 Å². The smallest absolute Gasteiger partial charge is 0.237 e. The molecule has 1 aliphatic heterocycles. The number of amides is 1. The molecule has 0 bridgehead atoms. The van der Waals surface area contributed by atoms with Crippen LogP contribution in [0.25, 0.3) is 0 Å². The summed E-state index contributed by atoms with van der Waals surface area (Å²) >= 11 is 0. The van der Waals surface area contributed by atoms with Crippen molar-refractivity contribution < 1.29 is 4.79 Å². The van der Waals surface area contributed by atoms with Crippen molar-refractivity contribution in [2.24, 2.45) is 5.73 Å². The van der Waals surface area contributed by atoms with E-state index in [1.54, 1.807) is 0 Å². The van der Waals surface area contributed by atoms with E-state index in [2.05, 4.69) is 17.3 Å². The summed E-state index contributed by atoms with van der Waals surface area (Å²) in [6, 6.07) is -0.0404. The Bertz CT molecular complexity index is 208. The Morgan fingerprint density at radius 2 is 2.40 bits per heavy atom. The van der Waals surface area contributed by atoms with Gasteiger partial charge in [0.1, 0.15) is 0 Å². The minimum atomic E-state index is -0.331. The fourth-order valence-electron chi connectivity index (χ4n) is 2.03. The first-order valence-electron chi connectivity index (χ1n) is 5.88. The van der Waals surface area contributed by atoms with Crippen LogP contribution in [0.3, 0.4) is 0 Å². The second kappa shape index (κ2) is 6.08. The number of carbonyl (C=O) groups excluding carboxylic acids is 1. The normalized spacial score (nSPS) is 24.9. The molecule has 0 saturated carbocycles. The molecule has 1 amide bonds. The summed E-state index contributed by atoms with van der Waals surface area (Å²) in [5.74, 6) is 0.0113. The van der Waals surface area contributed by atoms with Crippen LogP contribution >= 0.6 is 0 Å². The van der Waals surface area contributed by atoms with Crippen LogP contribution < -0.4 is 11.1 Å². The van der Waals surface area contributed by atoms with Crippen molar-refractivity contribution in [2.75, 3.05) is 20.1 Å². The third kappa shape index (κ3) is 4.18. The Balaban J connectivity index is 2.30. The molecule has 1 heterocycles. The molecule has 0 aromatic rings. The predicted octanol–water partition coefficient (Wildman–Crippen LogP) is 0.324. The molecule has 1 fully saturated rings. The van der Waals surface area contributed by atoms with E-state index in [1.807, 2.05) is 6.92 Å². The van der Waals surface area contributed by atoms with Gasteiger partial charge in [-0.2, -0.15) is 0 Å². The molecule has 2 unspecified atom stereocenters. The summed E-state index contributed by atoms with van der Waals surface area (Å²) in [7, 11) is 2.09. The number of likely N-dealkylation sites (tertiary alicyclic amines) is 1. The lowest BCUT2D eigenvalue weighted by molar-refractivity contribution is -0.123. The summed E-state index contributed by atoms with van der Waals surface area (Å²) in [6.45, 7) is 4.12. The molecule has 1 aliphatic rings. The van der Waals surface area contributed by atoms with Gasteiger partial charge in [-0.1, -0.05) is 13.3 Å². The summed E-state index contributed by atoms with van der Waals surface area (Å²) in [6.07, 6.45) is 3.97. The van der Waals surface area contributed by atoms with Crippen LogP contribution in [-0.4, -0.2) is 43.0 Å². The maximum atomic E-state index is 11.7. The number of nitrogens with zero attached hydrogens (tertiary/aromatic N) is 1. The molecular weight excluding hydrogens is 190 g/mol. The number of likely N-dealkylation sites (N-methyl/N-ethyl adjacent to an activating group) is 1. The molecule has 4 heteroatoms. The highest BCUT2D eigenvalue weighted by atomic mass is 16.2. The van der Waals surface area contributed by atoms with E-state index in [1.165, 1.54) is 0 Å². The quantitative estimate of drug-likeness (QED) is 0.707. The minimum Gasteiger partial charge on any atom is -0.351 e. The van der Waals surface area contributed by atoms with Gasteiger partial charge in [-0.05, 0) is 32.9 Å². The van der Waals surface area contributed by atoms with Crippen molar-refractivity contribution >= 4 is 5.91 Å². The lowest BCUT2D eigenvalue weighted by Gasteiger charge is -2.30. The highest BCUT2D eigenvalue weighted by Gasteiger charge is 2.21. The second-order valence-corrected chi connectivity index (χ2v) is 4.51. The van der Waals surface area contributed by atoms with E-state index in [4.69, 9.17) is 5.73 Å². The van der Waals surface area contributed by atoms with Gasteiger partial charge >= 0.3 is 0 Å². The molecule has 1 rings (SSSR count).